The van der Waals surface area contributed by atoms with Crippen molar-refractivity contribution in [2.24, 2.45) is 0 Å². The predicted molar refractivity (Wildman–Crippen MR) is 55.9 cm³/mol. The van der Waals surface area contributed by atoms with E-state index in [1.807, 2.05) is 0 Å². The first-order valence-electron chi connectivity index (χ1n) is 4.95. The average Bonchev–Trinajstić information content (AvgIpc) is 2.77. The molecule has 0 amide bonds. The zero-order valence-corrected chi connectivity index (χ0v) is 9.12. The van der Waals surface area contributed by atoms with Gasteiger partial charge in [0.05, 0.1) is 11.3 Å². The number of nitrogens with one attached hydrogen (secondary N) is 1. The number of hydrogen-bond donors (Lipinski definition) is 2. The molecule has 2 N–H and O–H groups in total. The first kappa shape index (κ1) is 13.1. The number of alkyl halides is 3. The summed E-state index contributed by atoms with van der Waals surface area (Å²) in [5.41, 5.74) is -2.00. The monoisotopic (exact) mass is 274 g/mol. The third-order valence-corrected chi connectivity index (χ3v) is 2.38. The maximum atomic E-state index is 13.5. The Hall–Kier alpha value is -2.38. The van der Waals surface area contributed by atoms with Gasteiger partial charge in [-0.1, -0.05) is 0 Å². The molecule has 1 aromatic heterocycles. The van der Waals surface area contributed by atoms with Crippen LogP contribution in [0, 0.1) is 5.82 Å². The smallest absolute Gasteiger partial charge is 0.416 e. The average molecular weight is 274 g/mol. The van der Waals surface area contributed by atoms with Gasteiger partial charge in [-0.3, -0.25) is 5.10 Å². The molecule has 2 aromatic rings. The number of carbonyl (C=O) groups is 1. The lowest BCUT2D eigenvalue weighted by Gasteiger charge is -2.08. The van der Waals surface area contributed by atoms with E-state index in [9.17, 15) is 22.4 Å². The lowest BCUT2D eigenvalue weighted by Crippen LogP contribution is -2.05. The van der Waals surface area contributed by atoms with Gasteiger partial charge in [0.1, 0.15) is 11.5 Å². The van der Waals surface area contributed by atoms with Gasteiger partial charge in [-0.25, -0.2) is 9.18 Å². The van der Waals surface area contributed by atoms with Gasteiger partial charge in [-0.15, -0.1) is 0 Å². The summed E-state index contributed by atoms with van der Waals surface area (Å²) in [7, 11) is 0. The van der Waals surface area contributed by atoms with E-state index < -0.39 is 29.1 Å². The van der Waals surface area contributed by atoms with Crippen LogP contribution in [-0.2, 0) is 6.18 Å². The number of carboxylic acid groups (broad SMARTS) is 1. The van der Waals surface area contributed by atoms with Gasteiger partial charge in [0.2, 0.25) is 0 Å². The number of aromatic amines is 1. The highest BCUT2D eigenvalue weighted by molar-refractivity contribution is 5.86. The van der Waals surface area contributed by atoms with Crippen molar-refractivity contribution in [3.05, 3.63) is 41.3 Å². The van der Waals surface area contributed by atoms with Crippen LogP contribution in [0.2, 0.25) is 0 Å². The van der Waals surface area contributed by atoms with E-state index in [1.54, 1.807) is 0 Å². The van der Waals surface area contributed by atoms with Gasteiger partial charge < -0.3 is 5.11 Å². The molecule has 0 aliphatic carbocycles. The van der Waals surface area contributed by atoms with Gasteiger partial charge in [0.15, 0.2) is 0 Å². The number of carboxylic acids is 1. The van der Waals surface area contributed by atoms with E-state index in [0.29, 0.717) is 18.2 Å². The quantitative estimate of drug-likeness (QED) is 0.827. The summed E-state index contributed by atoms with van der Waals surface area (Å²) in [5.74, 6) is -2.26. The normalized spacial score (nSPS) is 11.6. The Morgan fingerprint density at radius 1 is 1.26 bits per heavy atom. The molecule has 0 unspecified atom stereocenters. The molecule has 8 heteroatoms. The summed E-state index contributed by atoms with van der Waals surface area (Å²) < 4.78 is 51.0. The highest BCUT2D eigenvalue weighted by atomic mass is 19.4. The number of aromatic nitrogens is 2. The standard InChI is InChI=1S/C11H6F4N2O2/c12-7-2-1-5(11(13,14)15)3-6(7)8-4-9(10(18)19)17-16-8/h1-4H,(H,16,17)(H,18,19). The number of aromatic carboxylic acids is 1. The van der Waals surface area contributed by atoms with Crippen molar-refractivity contribution in [1.82, 2.24) is 10.2 Å². The second kappa shape index (κ2) is 4.38. The second-order valence-corrected chi connectivity index (χ2v) is 3.66. The Balaban J connectivity index is 2.51. The summed E-state index contributed by atoms with van der Waals surface area (Å²) in [4.78, 5) is 10.6. The van der Waals surface area contributed by atoms with E-state index in [-0.39, 0.29) is 11.4 Å². The minimum atomic E-state index is -4.62. The van der Waals surface area contributed by atoms with Crippen molar-refractivity contribution in [3.63, 3.8) is 0 Å². The van der Waals surface area contributed by atoms with Crippen LogP contribution in [0.5, 0.6) is 0 Å². The number of halogens is 4. The molecule has 4 nitrogen and oxygen atoms in total. The molecule has 100 valence electrons. The summed E-state index contributed by atoms with van der Waals surface area (Å²) in [6.07, 6.45) is -4.62. The fourth-order valence-electron chi connectivity index (χ4n) is 1.47. The zero-order valence-electron chi connectivity index (χ0n) is 9.12. The van der Waals surface area contributed by atoms with Gasteiger partial charge in [-0.05, 0) is 24.3 Å². The van der Waals surface area contributed by atoms with Crippen LogP contribution in [0.25, 0.3) is 11.3 Å². The number of nitrogens with zero attached hydrogens (tertiary/aromatic N) is 1. The Bertz CT molecular complexity index is 634. The summed E-state index contributed by atoms with van der Waals surface area (Å²) in [5, 5.41) is 14.2. The first-order valence-corrected chi connectivity index (χ1v) is 4.95. The van der Waals surface area contributed by atoms with Gasteiger partial charge in [0, 0.05) is 5.56 Å². The molecule has 0 aliphatic rings. The zero-order chi connectivity index (χ0) is 14.2. The van der Waals surface area contributed by atoms with Crippen LogP contribution >= 0.6 is 0 Å². The Labute approximate surface area is 103 Å². The largest absolute Gasteiger partial charge is 0.477 e. The van der Waals surface area contributed by atoms with E-state index in [0.717, 1.165) is 6.07 Å². The SMILES string of the molecule is O=C(O)c1cc(-c2cc(C(F)(F)F)ccc2F)n[nH]1. The highest BCUT2D eigenvalue weighted by Gasteiger charge is 2.31. The van der Waals surface area contributed by atoms with Crippen molar-refractivity contribution >= 4 is 5.97 Å². The Kier molecular flexibility index (Phi) is 3.01. The molecule has 1 heterocycles. The molecule has 1 aromatic carbocycles. The molecule has 19 heavy (non-hydrogen) atoms. The topological polar surface area (TPSA) is 66.0 Å². The lowest BCUT2D eigenvalue weighted by molar-refractivity contribution is -0.137. The molecular weight excluding hydrogens is 268 g/mol. The van der Waals surface area contributed by atoms with Gasteiger partial charge in [-0.2, -0.15) is 18.3 Å². The van der Waals surface area contributed by atoms with E-state index >= 15 is 0 Å². The molecule has 0 saturated heterocycles. The van der Waals surface area contributed by atoms with Crippen molar-refractivity contribution in [1.29, 1.82) is 0 Å². The molecule has 0 radical (unpaired) electrons. The van der Waals surface area contributed by atoms with Crippen molar-refractivity contribution < 1.29 is 27.5 Å². The van der Waals surface area contributed by atoms with Crippen LogP contribution in [-0.4, -0.2) is 21.3 Å². The molecule has 0 spiro atoms. The number of hydrogen-bond acceptors (Lipinski definition) is 2. The van der Waals surface area contributed by atoms with E-state index in [2.05, 4.69) is 10.2 Å². The molecule has 0 bridgehead atoms. The highest BCUT2D eigenvalue weighted by Crippen LogP contribution is 2.33. The van der Waals surface area contributed by atoms with Crippen molar-refractivity contribution in [3.8, 4) is 11.3 Å². The summed E-state index contributed by atoms with van der Waals surface area (Å²) in [6, 6.07) is 2.80. The van der Waals surface area contributed by atoms with Crippen molar-refractivity contribution in [2.45, 2.75) is 6.18 Å². The summed E-state index contributed by atoms with van der Waals surface area (Å²) in [6.45, 7) is 0. The van der Waals surface area contributed by atoms with Crippen LogP contribution in [0.3, 0.4) is 0 Å². The third kappa shape index (κ3) is 2.56. The van der Waals surface area contributed by atoms with Gasteiger partial charge in [0.25, 0.3) is 0 Å². The number of H-pyrrole nitrogens is 1. The lowest BCUT2D eigenvalue weighted by atomic mass is 10.1. The van der Waals surface area contributed by atoms with Crippen LogP contribution in [0.4, 0.5) is 17.6 Å². The molecule has 0 saturated carbocycles. The molecule has 2 rings (SSSR count). The molecule has 0 aliphatic heterocycles. The summed E-state index contributed by atoms with van der Waals surface area (Å²) >= 11 is 0. The Morgan fingerprint density at radius 2 is 1.95 bits per heavy atom. The maximum absolute atomic E-state index is 13.5. The molecular formula is C11H6F4N2O2. The minimum Gasteiger partial charge on any atom is -0.477 e. The van der Waals surface area contributed by atoms with Crippen molar-refractivity contribution in [2.75, 3.05) is 0 Å². The minimum absolute atomic E-state index is 0.207. The van der Waals surface area contributed by atoms with Crippen LogP contribution in [0.15, 0.2) is 24.3 Å². The molecule has 0 atom stereocenters. The Morgan fingerprint density at radius 3 is 2.47 bits per heavy atom. The molecule has 0 fully saturated rings. The predicted octanol–water partition coefficient (Wildman–Crippen LogP) is 2.93. The van der Waals surface area contributed by atoms with Gasteiger partial charge >= 0.3 is 12.1 Å². The van der Waals surface area contributed by atoms with Crippen LogP contribution in [0.1, 0.15) is 16.1 Å². The van der Waals surface area contributed by atoms with Crippen LogP contribution < -0.4 is 0 Å². The second-order valence-electron chi connectivity index (χ2n) is 3.66. The number of benzene rings is 1. The number of rotatable bonds is 2. The fraction of sp³-hybridized carbons (Fsp3) is 0.0909. The van der Waals surface area contributed by atoms with E-state index in [1.165, 1.54) is 0 Å². The maximum Gasteiger partial charge on any atom is 0.416 e. The third-order valence-electron chi connectivity index (χ3n) is 2.38. The first-order chi connectivity index (χ1) is 8.79. The van der Waals surface area contributed by atoms with E-state index in [4.69, 9.17) is 5.11 Å². The fourth-order valence-corrected chi connectivity index (χ4v) is 1.47.